The summed E-state index contributed by atoms with van der Waals surface area (Å²) in [5.41, 5.74) is 9.35. The minimum Gasteiger partial charge on any atom is -0.372 e. The number of aryl methyl sites for hydroxylation is 2. The summed E-state index contributed by atoms with van der Waals surface area (Å²) in [6.45, 7) is 12.7. The molecule has 1 aromatic rings. The van der Waals surface area contributed by atoms with Crippen molar-refractivity contribution in [3.05, 3.63) is 33.6 Å². The first kappa shape index (κ1) is 22.4. The van der Waals surface area contributed by atoms with Crippen LogP contribution in [0.2, 0.25) is 0 Å². The molecule has 1 heterocycles. The number of rotatable bonds is 9. The number of nitrogens with zero attached hydrogens (tertiary/aromatic N) is 3. The number of allylic oxidation sites excluding steroid dienone is 2. The van der Waals surface area contributed by atoms with Crippen LogP contribution in [0.3, 0.4) is 0 Å². The van der Waals surface area contributed by atoms with Crippen LogP contribution in [0.5, 0.6) is 0 Å². The first-order valence-corrected chi connectivity index (χ1v) is 10.1. The first-order chi connectivity index (χ1) is 12.4. The molecule has 0 bridgehead atoms. The van der Waals surface area contributed by atoms with Gasteiger partial charge < -0.3 is 10.6 Å². The third-order valence-electron chi connectivity index (χ3n) is 5.24. The highest BCUT2D eigenvalue weighted by Gasteiger charge is 2.15. The number of aromatic nitrogens is 2. The second-order valence-corrected chi connectivity index (χ2v) is 7.09. The van der Waals surface area contributed by atoms with Gasteiger partial charge in [0.25, 0.3) is 0 Å². The van der Waals surface area contributed by atoms with Gasteiger partial charge in [0, 0.05) is 35.3 Å². The largest absolute Gasteiger partial charge is 0.372 e. The van der Waals surface area contributed by atoms with E-state index in [2.05, 4.69) is 68.1 Å². The highest BCUT2D eigenvalue weighted by molar-refractivity contribution is 5.48. The summed E-state index contributed by atoms with van der Waals surface area (Å²) in [4.78, 5) is 2.42. The molecule has 146 valence electrons. The molecule has 1 unspecified atom stereocenters. The van der Waals surface area contributed by atoms with Crippen molar-refractivity contribution in [1.29, 1.82) is 0 Å². The van der Waals surface area contributed by atoms with Gasteiger partial charge in [-0.25, -0.2) is 0 Å². The lowest BCUT2D eigenvalue weighted by Crippen LogP contribution is -2.36. The average molecular weight is 359 g/mol. The van der Waals surface area contributed by atoms with Crippen LogP contribution in [0.4, 0.5) is 0 Å². The standard InChI is InChI=1S/C22H38N4/c1-8-12-20(26(7)19(10-3)14-13-18(23)9-2)15-22-17(6)25-24-16(5)21(22)11-4/h11-12,15,18-19H,8-10,13-14,23H2,1-7H3/b20-12-,21-11-,22-15-/t18?,19-/m0/s1. The lowest BCUT2D eigenvalue weighted by atomic mass is 10.0. The maximum atomic E-state index is 6.15. The molecule has 4 nitrogen and oxygen atoms in total. The SMILES string of the molecule is C/C=c1/c(C)nnc(C)/c1=C/C(=C/CC)N(C)[C@@H](CC)CCC(N)CC. The second kappa shape index (κ2) is 11.1. The molecule has 0 aliphatic heterocycles. The third-order valence-corrected chi connectivity index (χ3v) is 5.24. The molecule has 1 aromatic heterocycles. The van der Waals surface area contributed by atoms with Crippen LogP contribution in [-0.2, 0) is 0 Å². The van der Waals surface area contributed by atoms with Crippen LogP contribution in [0.1, 0.15) is 71.2 Å². The van der Waals surface area contributed by atoms with E-state index in [1.54, 1.807) is 0 Å². The van der Waals surface area contributed by atoms with Gasteiger partial charge in [-0.1, -0.05) is 32.9 Å². The van der Waals surface area contributed by atoms with Crippen LogP contribution >= 0.6 is 0 Å². The Hall–Kier alpha value is -1.68. The van der Waals surface area contributed by atoms with Crippen LogP contribution in [0.25, 0.3) is 12.2 Å². The van der Waals surface area contributed by atoms with Gasteiger partial charge in [0.05, 0.1) is 11.4 Å². The van der Waals surface area contributed by atoms with Crippen molar-refractivity contribution in [3.8, 4) is 0 Å². The van der Waals surface area contributed by atoms with Crippen molar-refractivity contribution < 1.29 is 0 Å². The summed E-state index contributed by atoms with van der Waals surface area (Å²) in [5, 5.41) is 10.9. The highest BCUT2D eigenvalue weighted by atomic mass is 15.1. The zero-order valence-corrected chi connectivity index (χ0v) is 17.8. The van der Waals surface area contributed by atoms with Gasteiger partial charge in [-0.05, 0) is 59.0 Å². The van der Waals surface area contributed by atoms with Crippen LogP contribution in [0.15, 0.2) is 11.8 Å². The first-order valence-electron chi connectivity index (χ1n) is 10.1. The van der Waals surface area contributed by atoms with Crippen molar-refractivity contribution in [3.63, 3.8) is 0 Å². The lowest BCUT2D eigenvalue weighted by Gasteiger charge is -2.31. The fourth-order valence-electron chi connectivity index (χ4n) is 3.35. The highest BCUT2D eigenvalue weighted by Crippen LogP contribution is 2.17. The monoisotopic (exact) mass is 358 g/mol. The molecule has 0 fully saturated rings. The van der Waals surface area contributed by atoms with Gasteiger partial charge in [-0.2, -0.15) is 10.2 Å². The smallest absolute Gasteiger partial charge is 0.0679 e. The molecule has 26 heavy (non-hydrogen) atoms. The van der Waals surface area contributed by atoms with E-state index in [-0.39, 0.29) is 0 Å². The van der Waals surface area contributed by atoms with E-state index in [0.29, 0.717) is 12.1 Å². The Morgan fingerprint density at radius 1 is 1.04 bits per heavy atom. The summed E-state index contributed by atoms with van der Waals surface area (Å²) < 4.78 is 0. The fraction of sp³-hybridized carbons (Fsp3) is 0.636. The van der Waals surface area contributed by atoms with E-state index >= 15 is 0 Å². The van der Waals surface area contributed by atoms with Crippen LogP contribution < -0.4 is 16.2 Å². The van der Waals surface area contributed by atoms with E-state index in [0.717, 1.165) is 43.5 Å². The Labute approximate surface area is 159 Å². The van der Waals surface area contributed by atoms with Gasteiger partial charge in [0.15, 0.2) is 0 Å². The summed E-state index contributed by atoms with van der Waals surface area (Å²) in [6.07, 6.45) is 12.1. The van der Waals surface area contributed by atoms with Crippen molar-refractivity contribution in [1.82, 2.24) is 15.1 Å². The molecule has 0 saturated heterocycles. The Morgan fingerprint density at radius 2 is 1.65 bits per heavy atom. The zero-order chi connectivity index (χ0) is 19.7. The molecular formula is C22H38N4. The third kappa shape index (κ3) is 5.94. The summed E-state index contributed by atoms with van der Waals surface area (Å²) in [6, 6.07) is 0.794. The maximum absolute atomic E-state index is 6.15. The second-order valence-electron chi connectivity index (χ2n) is 7.09. The van der Waals surface area contributed by atoms with E-state index in [1.807, 2.05) is 13.8 Å². The van der Waals surface area contributed by atoms with Gasteiger partial charge in [0.2, 0.25) is 0 Å². The molecule has 2 N–H and O–H groups in total. The van der Waals surface area contributed by atoms with Gasteiger partial charge >= 0.3 is 0 Å². The normalized spacial score (nSPS) is 16.1. The minimum absolute atomic E-state index is 0.302. The summed E-state index contributed by atoms with van der Waals surface area (Å²) >= 11 is 0. The van der Waals surface area contributed by atoms with Crippen molar-refractivity contribution in [2.75, 3.05) is 7.05 Å². The molecule has 0 aliphatic carbocycles. The Bertz CT molecular complexity index is 706. The maximum Gasteiger partial charge on any atom is 0.0679 e. The molecule has 0 saturated carbocycles. The number of hydrogen-bond donors (Lipinski definition) is 1. The molecule has 2 atom stereocenters. The van der Waals surface area contributed by atoms with E-state index in [9.17, 15) is 0 Å². The molecule has 4 heteroatoms. The zero-order valence-electron chi connectivity index (χ0n) is 17.8. The van der Waals surface area contributed by atoms with Crippen molar-refractivity contribution >= 4 is 12.2 Å². The number of nitrogens with two attached hydrogens (primary N) is 1. The van der Waals surface area contributed by atoms with Crippen molar-refractivity contribution in [2.24, 2.45) is 5.73 Å². The Morgan fingerprint density at radius 3 is 2.15 bits per heavy atom. The van der Waals surface area contributed by atoms with Gasteiger partial charge in [0.1, 0.15) is 0 Å². The molecular weight excluding hydrogens is 320 g/mol. The predicted molar refractivity (Wildman–Crippen MR) is 113 cm³/mol. The molecule has 0 aromatic carbocycles. The summed E-state index contributed by atoms with van der Waals surface area (Å²) in [7, 11) is 2.20. The van der Waals surface area contributed by atoms with E-state index < -0.39 is 0 Å². The number of hydrogen-bond acceptors (Lipinski definition) is 4. The Kier molecular flexibility index (Phi) is 9.57. The van der Waals surface area contributed by atoms with Crippen molar-refractivity contribution in [2.45, 2.75) is 85.7 Å². The summed E-state index contributed by atoms with van der Waals surface area (Å²) in [5.74, 6) is 0. The fourth-order valence-corrected chi connectivity index (χ4v) is 3.35. The van der Waals surface area contributed by atoms with Crippen LogP contribution in [0, 0.1) is 13.8 Å². The quantitative estimate of drug-likeness (QED) is 0.736. The van der Waals surface area contributed by atoms with E-state index in [1.165, 1.54) is 16.1 Å². The topological polar surface area (TPSA) is 55.0 Å². The lowest BCUT2D eigenvalue weighted by molar-refractivity contribution is 0.278. The van der Waals surface area contributed by atoms with E-state index in [4.69, 9.17) is 5.73 Å². The molecule has 0 amide bonds. The molecule has 0 spiro atoms. The minimum atomic E-state index is 0.302. The van der Waals surface area contributed by atoms with Gasteiger partial charge in [-0.3, -0.25) is 0 Å². The van der Waals surface area contributed by atoms with Crippen LogP contribution in [-0.4, -0.2) is 34.2 Å². The molecule has 0 radical (unpaired) electrons. The predicted octanol–water partition coefficient (Wildman–Crippen LogP) is 3.20. The average Bonchev–Trinajstić information content (AvgIpc) is 2.64. The Balaban J connectivity index is 3.29. The molecule has 1 rings (SSSR count). The van der Waals surface area contributed by atoms with Gasteiger partial charge in [-0.15, -0.1) is 0 Å². The molecule has 0 aliphatic rings.